The predicted octanol–water partition coefficient (Wildman–Crippen LogP) is 4.62. The summed E-state index contributed by atoms with van der Waals surface area (Å²) in [6, 6.07) is 16.9. The monoisotopic (exact) mass is 512 g/mol. The van der Waals surface area contributed by atoms with E-state index in [1.807, 2.05) is 61.2 Å². The zero-order valence-electron chi connectivity index (χ0n) is 21.8. The average molecular weight is 513 g/mol. The predicted molar refractivity (Wildman–Crippen MR) is 152 cm³/mol. The molecule has 0 bridgehead atoms. The third-order valence-corrected chi connectivity index (χ3v) is 7.52. The first kappa shape index (κ1) is 25.4. The molecule has 1 saturated heterocycles. The Balaban J connectivity index is 1.33. The maximum absolute atomic E-state index is 12.4. The van der Waals surface area contributed by atoms with Gasteiger partial charge in [0.25, 0.3) is 10.9 Å². The molecule has 0 radical (unpaired) electrons. The van der Waals surface area contributed by atoms with Gasteiger partial charge in [-0.3, -0.25) is 9.59 Å². The number of anilines is 4. The van der Waals surface area contributed by atoms with Crippen LogP contribution in [0.2, 0.25) is 0 Å². The maximum atomic E-state index is 12.4. The molecule has 1 aliphatic rings. The highest BCUT2D eigenvalue weighted by Gasteiger charge is 2.36. The molecule has 1 aliphatic heterocycles. The minimum Gasteiger partial charge on any atom is -0.480 e. The summed E-state index contributed by atoms with van der Waals surface area (Å²) in [5.41, 5.74) is 1.88. The Bertz CT molecular complexity index is 1550. The quantitative estimate of drug-likeness (QED) is 0.279. The number of fused-ring (bicyclic) bond motifs is 1. The largest absolute Gasteiger partial charge is 0.480 e. The fourth-order valence-electron chi connectivity index (χ4n) is 5.40. The number of rotatable bonds is 9. The summed E-state index contributed by atoms with van der Waals surface area (Å²) in [6.07, 6.45) is 2.84. The zero-order valence-corrected chi connectivity index (χ0v) is 21.8. The molecule has 2 heterocycles. The van der Waals surface area contributed by atoms with Crippen molar-refractivity contribution in [1.29, 1.82) is 0 Å². The Morgan fingerprint density at radius 3 is 2.39 bits per heavy atom. The number of aromatic nitrogens is 1. The van der Waals surface area contributed by atoms with Gasteiger partial charge in [-0.1, -0.05) is 43.3 Å². The molecule has 3 atom stereocenters. The molecule has 1 fully saturated rings. The van der Waals surface area contributed by atoms with Gasteiger partial charge in [-0.2, -0.15) is 0 Å². The lowest BCUT2D eigenvalue weighted by Crippen LogP contribution is -2.48. The normalized spacial score (nSPS) is 18.1. The van der Waals surface area contributed by atoms with Crippen LogP contribution in [0, 0.1) is 0 Å². The topological polar surface area (TPSA) is 112 Å². The van der Waals surface area contributed by atoms with Crippen molar-refractivity contribution in [3.05, 3.63) is 86.3 Å². The number of aryl methyl sites for hydroxylation is 1. The molecular weight excluding hydrogens is 480 g/mol. The van der Waals surface area contributed by atoms with Crippen LogP contribution < -0.4 is 26.4 Å². The maximum Gasteiger partial charge on any atom is 0.326 e. The summed E-state index contributed by atoms with van der Waals surface area (Å²) < 4.78 is 0. The molecule has 0 spiro atoms. The fraction of sp³-hybridized carbons (Fsp3) is 0.333. The number of hydrogen-bond acceptors (Lipinski definition) is 7. The van der Waals surface area contributed by atoms with E-state index < -0.39 is 22.9 Å². The van der Waals surface area contributed by atoms with Gasteiger partial charge in [0.15, 0.2) is 0 Å². The number of benzene rings is 2. The molecular formula is C30H32N4O4. The van der Waals surface area contributed by atoms with Crippen molar-refractivity contribution in [1.82, 2.24) is 4.98 Å². The molecule has 4 aromatic rings. The summed E-state index contributed by atoms with van der Waals surface area (Å²) in [5.74, 6) is -0.309. The van der Waals surface area contributed by atoms with E-state index in [-0.39, 0.29) is 24.2 Å². The average Bonchev–Trinajstić information content (AvgIpc) is 3.25. The highest BCUT2D eigenvalue weighted by molar-refractivity contribution is 5.93. The number of carboxylic acid groups (broad SMARTS) is 1. The van der Waals surface area contributed by atoms with Crippen molar-refractivity contribution < 1.29 is 9.90 Å². The van der Waals surface area contributed by atoms with Gasteiger partial charge in [0.05, 0.1) is 0 Å². The lowest BCUT2D eigenvalue weighted by atomic mass is 10.0. The Labute approximate surface area is 221 Å². The van der Waals surface area contributed by atoms with Gasteiger partial charge in [0, 0.05) is 35.3 Å². The van der Waals surface area contributed by atoms with Crippen LogP contribution in [-0.2, 0) is 17.6 Å². The molecule has 8 nitrogen and oxygen atoms in total. The van der Waals surface area contributed by atoms with Gasteiger partial charge in [0.1, 0.15) is 23.2 Å². The smallest absolute Gasteiger partial charge is 0.326 e. The van der Waals surface area contributed by atoms with Crippen molar-refractivity contribution in [3.8, 4) is 0 Å². The lowest BCUT2D eigenvalue weighted by Gasteiger charge is -2.32. The second-order valence-electron chi connectivity index (χ2n) is 10.2. The molecule has 38 heavy (non-hydrogen) atoms. The van der Waals surface area contributed by atoms with E-state index in [1.165, 1.54) is 0 Å². The van der Waals surface area contributed by atoms with Crippen LogP contribution in [0.3, 0.4) is 0 Å². The molecule has 8 heteroatoms. The first-order chi connectivity index (χ1) is 18.3. The molecule has 2 unspecified atom stereocenters. The van der Waals surface area contributed by atoms with E-state index in [1.54, 1.807) is 0 Å². The standard InChI is InChI=1S/C30H32N4O4/c1-4-21-16-20-7-5-6-8-23(20)29(31-21)32-22-13-11-19(12-14-22)15-24(30(37)38)33-25-26(28(36)27(25)35)34-17(2)9-10-18(34)3/h5-8,11-14,16-18,24,33H,4,9-10,15H2,1-3H3,(H,31,32)(H,37,38)/t17?,18?,24-/m0/s1. The zero-order chi connectivity index (χ0) is 27.0. The van der Waals surface area contributed by atoms with Gasteiger partial charge >= 0.3 is 5.97 Å². The third kappa shape index (κ3) is 4.74. The van der Waals surface area contributed by atoms with E-state index >= 15 is 0 Å². The van der Waals surface area contributed by atoms with Crippen LogP contribution in [0.1, 0.15) is 44.9 Å². The first-order valence-electron chi connectivity index (χ1n) is 13.1. The highest BCUT2D eigenvalue weighted by atomic mass is 16.4. The van der Waals surface area contributed by atoms with Crippen LogP contribution in [-0.4, -0.2) is 34.2 Å². The van der Waals surface area contributed by atoms with E-state index in [4.69, 9.17) is 4.98 Å². The second-order valence-corrected chi connectivity index (χ2v) is 10.2. The van der Waals surface area contributed by atoms with Gasteiger partial charge in [-0.25, -0.2) is 9.78 Å². The Morgan fingerprint density at radius 1 is 1.05 bits per heavy atom. The molecule has 3 N–H and O–H groups in total. The number of carboxylic acids is 1. The molecule has 1 aromatic heterocycles. The summed E-state index contributed by atoms with van der Waals surface area (Å²) in [5, 5.41) is 18.3. The molecule has 0 saturated carbocycles. The van der Waals surface area contributed by atoms with Crippen LogP contribution in [0.25, 0.3) is 10.8 Å². The number of pyridine rings is 1. The SMILES string of the molecule is CCc1cc2ccccc2c(Nc2ccc(C[C@H](Nc3c(N4C(C)CCC4C)c(=O)c3=O)C(=O)O)cc2)n1. The van der Waals surface area contributed by atoms with E-state index in [0.29, 0.717) is 5.69 Å². The van der Waals surface area contributed by atoms with Gasteiger partial charge in [0.2, 0.25) is 0 Å². The van der Waals surface area contributed by atoms with Gasteiger partial charge in [-0.15, -0.1) is 0 Å². The van der Waals surface area contributed by atoms with Crippen molar-refractivity contribution in [3.63, 3.8) is 0 Å². The van der Waals surface area contributed by atoms with Crippen molar-refractivity contribution in [2.45, 2.75) is 64.6 Å². The van der Waals surface area contributed by atoms with E-state index in [2.05, 4.69) is 29.7 Å². The summed E-state index contributed by atoms with van der Waals surface area (Å²) in [7, 11) is 0. The number of carbonyl (C=O) groups is 1. The number of hydrogen-bond donors (Lipinski definition) is 3. The van der Waals surface area contributed by atoms with E-state index in [0.717, 1.165) is 52.8 Å². The van der Waals surface area contributed by atoms with Crippen LogP contribution in [0.5, 0.6) is 0 Å². The Morgan fingerprint density at radius 2 is 1.74 bits per heavy atom. The molecule has 3 aromatic carbocycles. The number of aliphatic carboxylic acids is 1. The summed E-state index contributed by atoms with van der Waals surface area (Å²) in [4.78, 5) is 43.6. The van der Waals surface area contributed by atoms with Crippen molar-refractivity contribution >= 4 is 39.6 Å². The molecule has 0 amide bonds. The fourth-order valence-corrected chi connectivity index (χ4v) is 5.40. The Hall–Kier alpha value is -4.20. The van der Waals surface area contributed by atoms with Gasteiger partial charge < -0.3 is 20.6 Å². The molecule has 0 aliphatic carbocycles. The second kappa shape index (κ2) is 10.3. The third-order valence-electron chi connectivity index (χ3n) is 7.52. The van der Waals surface area contributed by atoms with Gasteiger partial charge in [-0.05, 0) is 62.3 Å². The molecule has 196 valence electrons. The number of nitrogens with zero attached hydrogens (tertiary/aromatic N) is 2. The minimum atomic E-state index is -1.08. The van der Waals surface area contributed by atoms with Crippen LogP contribution in [0.15, 0.2) is 64.2 Å². The number of nitrogens with one attached hydrogen (secondary N) is 2. The summed E-state index contributed by atoms with van der Waals surface area (Å²) in [6.45, 7) is 6.11. The first-order valence-corrected chi connectivity index (χ1v) is 13.1. The lowest BCUT2D eigenvalue weighted by molar-refractivity contribution is -0.137. The minimum absolute atomic E-state index is 0.120. The van der Waals surface area contributed by atoms with Crippen molar-refractivity contribution in [2.24, 2.45) is 0 Å². The van der Waals surface area contributed by atoms with Crippen LogP contribution in [0.4, 0.5) is 22.9 Å². The highest BCUT2D eigenvalue weighted by Crippen LogP contribution is 2.33. The van der Waals surface area contributed by atoms with E-state index in [9.17, 15) is 19.5 Å². The van der Waals surface area contributed by atoms with Crippen LogP contribution >= 0.6 is 0 Å². The Kier molecular flexibility index (Phi) is 6.89. The van der Waals surface area contributed by atoms with Crippen molar-refractivity contribution in [2.75, 3.05) is 15.5 Å². The summed E-state index contributed by atoms with van der Waals surface area (Å²) >= 11 is 0. The molecule has 5 rings (SSSR count).